The van der Waals surface area contributed by atoms with E-state index in [1.807, 2.05) is 19.2 Å². The first-order valence-electron chi connectivity index (χ1n) is 5.33. The van der Waals surface area contributed by atoms with Crippen molar-refractivity contribution in [3.05, 3.63) is 23.3 Å². The van der Waals surface area contributed by atoms with Crippen LogP contribution in [0.1, 0.15) is 17.5 Å². The van der Waals surface area contributed by atoms with Crippen LogP contribution in [0.25, 0.3) is 0 Å². The molecule has 1 aromatic rings. The minimum absolute atomic E-state index is 0.829. The summed E-state index contributed by atoms with van der Waals surface area (Å²) in [5.74, 6) is 1.97. The van der Waals surface area contributed by atoms with Crippen LogP contribution in [-0.4, -0.2) is 20.8 Å². The van der Waals surface area contributed by atoms with Gasteiger partial charge in [0.15, 0.2) is 0 Å². The Kier molecular flexibility index (Phi) is 3.11. The lowest BCUT2D eigenvalue weighted by molar-refractivity contribution is 0.285. The predicted octanol–water partition coefficient (Wildman–Crippen LogP) is 1.74. The van der Waals surface area contributed by atoms with Crippen molar-refractivity contribution in [3.63, 3.8) is 0 Å². The van der Waals surface area contributed by atoms with E-state index in [0.29, 0.717) is 0 Å². The molecule has 0 spiro atoms. The molecular weight excluding hydrogens is 190 g/mol. The normalized spacial score (nSPS) is 14.3. The van der Waals surface area contributed by atoms with Gasteiger partial charge >= 0.3 is 0 Å². The van der Waals surface area contributed by atoms with Gasteiger partial charge < -0.3 is 14.8 Å². The molecule has 0 unspecified atom stereocenters. The molecule has 0 saturated carbocycles. The Morgan fingerprint density at radius 3 is 3.07 bits per heavy atom. The number of hydrogen-bond acceptors (Lipinski definition) is 3. The van der Waals surface area contributed by atoms with E-state index in [0.717, 1.165) is 37.5 Å². The number of benzene rings is 1. The van der Waals surface area contributed by atoms with E-state index >= 15 is 0 Å². The van der Waals surface area contributed by atoms with Gasteiger partial charge in [-0.25, -0.2) is 0 Å². The highest BCUT2D eigenvalue weighted by atomic mass is 16.5. The molecule has 0 aliphatic carbocycles. The number of methoxy groups -OCH3 is 1. The second-order valence-electron chi connectivity index (χ2n) is 3.71. The summed E-state index contributed by atoms with van der Waals surface area (Å²) in [6, 6.07) is 3.99. The number of hydrogen-bond donors (Lipinski definition) is 1. The van der Waals surface area contributed by atoms with E-state index in [-0.39, 0.29) is 0 Å². The maximum absolute atomic E-state index is 5.63. The fourth-order valence-corrected chi connectivity index (χ4v) is 2.05. The molecule has 1 heterocycles. The fraction of sp³-hybridized carbons (Fsp3) is 0.500. The van der Waals surface area contributed by atoms with Crippen LogP contribution in [0.4, 0.5) is 0 Å². The molecule has 0 radical (unpaired) electrons. The molecule has 0 bridgehead atoms. The Balaban J connectivity index is 2.44. The molecule has 15 heavy (non-hydrogen) atoms. The lowest BCUT2D eigenvalue weighted by Crippen LogP contribution is -2.15. The third kappa shape index (κ3) is 1.92. The van der Waals surface area contributed by atoms with Crippen molar-refractivity contribution in [2.45, 2.75) is 19.4 Å². The van der Waals surface area contributed by atoms with Gasteiger partial charge in [-0.3, -0.25) is 0 Å². The molecule has 2 rings (SSSR count). The standard InChI is InChI=1S/C12H17NO2/c1-13-8-10-9-4-3-7-15-12(9)6-5-11(10)14-2/h5-6,13H,3-4,7-8H2,1-2H3. The summed E-state index contributed by atoms with van der Waals surface area (Å²) in [7, 11) is 3.66. The lowest BCUT2D eigenvalue weighted by atomic mass is 9.99. The summed E-state index contributed by atoms with van der Waals surface area (Å²) in [4.78, 5) is 0. The van der Waals surface area contributed by atoms with Crippen molar-refractivity contribution in [2.75, 3.05) is 20.8 Å². The number of fused-ring (bicyclic) bond motifs is 1. The first-order valence-corrected chi connectivity index (χ1v) is 5.33. The summed E-state index contributed by atoms with van der Waals surface area (Å²) in [6.45, 7) is 1.66. The van der Waals surface area contributed by atoms with E-state index in [9.17, 15) is 0 Å². The zero-order valence-electron chi connectivity index (χ0n) is 9.30. The van der Waals surface area contributed by atoms with E-state index in [2.05, 4.69) is 5.32 Å². The number of rotatable bonds is 3. The molecule has 0 amide bonds. The number of nitrogens with one attached hydrogen (secondary N) is 1. The van der Waals surface area contributed by atoms with Crippen molar-refractivity contribution in [3.8, 4) is 11.5 Å². The topological polar surface area (TPSA) is 30.5 Å². The van der Waals surface area contributed by atoms with Gasteiger partial charge in [-0.05, 0) is 32.0 Å². The fourth-order valence-electron chi connectivity index (χ4n) is 2.05. The molecule has 1 N–H and O–H groups in total. The Labute approximate surface area is 90.4 Å². The molecule has 1 aliphatic rings. The molecule has 0 aromatic heterocycles. The van der Waals surface area contributed by atoms with Gasteiger partial charge in [-0.15, -0.1) is 0 Å². The Bertz CT molecular complexity index is 350. The Morgan fingerprint density at radius 2 is 2.33 bits per heavy atom. The van der Waals surface area contributed by atoms with E-state index in [1.165, 1.54) is 11.1 Å². The third-order valence-corrected chi connectivity index (χ3v) is 2.75. The smallest absolute Gasteiger partial charge is 0.123 e. The quantitative estimate of drug-likeness (QED) is 0.819. The average Bonchev–Trinajstić information content (AvgIpc) is 2.30. The first-order chi connectivity index (χ1) is 7.36. The summed E-state index contributed by atoms with van der Waals surface area (Å²) >= 11 is 0. The van der Waals surface area contributed by atoms with Gasteiger partial charge in [0.2, 0.25) is 0 Å². The zero-order chi connectivity index (χ0) is 10.7. The molecule has 0 saturated heterocycles. The first kappa shape index (κ1) is 10.3. The van der Waals surface area contributed by atoms with Crippen LogP contribution >= 0.6 is 0 Å². The molecular formula is C12H17NO2. The second kappa shape index (κ2) is 4.53. The van der Waals surface area contributed by atoms with Gasteiger partial charge in [0.1, 0.15) is 11.5 Å². The predicted molar refractivity (Wildman–Crippen MR) is 59.6 cm³/mol. The molecule has 82 valence electrons. The van der Waals surface area contributed by atoms with E-state index < -0.39 is 0 Å². The van der Waals surface area contributed by atoms with Gasteiger partial charge in [-0.2, -0.15) is 0 Å². The molecule has 1 aromatic carbocycles. The van der Waals surface area contributed by atoms with Gasteiger partial charge in [-0.1, -0.05) is 0 Å². The van der Waals surface area contributed by atoms with Crippen molar-refractivity contribution < 1.29 is 9.47 Å². The maximum Gasteiger partial charge on any atom is 0.123 e. The van der Waals surface area contributed by atoms with E-state index in [1.54, 1.807) is 7.11 Å². The molecule has 3 nitrogen and oxygen atoms in total. The van der Waals surface area contributed by atoms with Crippen molar-refractivity contribution in [2.24, 2.45) is 0 Å². The van der Waals surface area contributed by atoms with Crippen molar-refractivity contribution in [1.29, 1.82) is 0 Å². The van der Waals surface area contributed by atoms with Crippen molar-refractivity contribution in [1.82, 2.24) is 5.32 Å². The minimum Gasteiger partial charge on any atom is -0.496 e. The van der Waals surface area contributed by atoms with Crippen LogP contribution in [0.15, 0.2) is 12.1 Å². The van der Waals surface area contributed by atoms with Crippen LogP contribution in [0, 0.1) is 0 Å². The Morgan fingerprint density at radius 1 is 1.47 bits per heavy atom. The largest absolute Gasteiger partial charge is 0.496 e. The highest BCUT2D eigenvalue weighted by molar-refractivity contribution is 5.49. The summed E-state index contributed by atoms with van der Waals surface area (Å²) < 4.78 is 11.0. The third-order valence-electron chi connectivity index (χ3n) is 2.75. The van der Waals surface area contributed by atoms with Crippen molar-refractivity contribution >= 4 is 0 Å². The second-order valence-corrected chi connectivity index (χ2v) is 3.71. The lowest BCUT2D eigenvalue weighted by Gasteiger charge is -2.22. The van der Waals surface area contributed by atoms with Crippen LogP contribution in [0.3, 0.4) is 0 Å². The van der Waals surface area contributed by atoms with E-state index in [4.69, 9.17) is 9.47 Å². The monoisotopic (exact) mass is 207 g/mol. The highest BCUT2D eigenvalue weighted by Gasteiger charge is 2.17. The van der Waals surface area contributed by atoms with Crippen LogP contribution in [0.2, 0.25) is 0 Å². The van der Waals surface area contributed by atoms with Crippen LogP contribution < -0.4 is 14.8 Å². The Hall–Kier alpha value is -1.22. The molecule has 1 aliphatic heterocycles. The summed E-state index contributed by atoms with van der Waals surface area (Å²) in [5, 5.41) is 3.17. The van der Waals surface area contributed by atoms with Gasteiger partial charge in [0.05, 0.1) is 13.7 Å². The number of ether oxygens (including phenoxy) is 2. The zero-order valence-corrected chi connectivity index (χ0v) is 9.30. The summed E-state index contributed by atoms with van der Waals surface area (Å²) in [5.41, 5.74) is 2.53. The molecule has 3 heteroatoms. The molecule has 0 fully saturated rings. The highest BCUT2D eigenvalue weighted by Crippen LogP contribution is 2.33. The van der Waals surface area contributed by atoms with Gasteiger partial charge in [0, 0.05) is 17.7 Å². The maximum atomic E-state index is 5.63. The van der Waals surface area contributed by atoms with Crippen LogP contribution in [-0.2, 0) is 13.0 Å². The summed E-state index contributed by atoms with van der Waals surface area (Å²) in [6.07, 6.45) is 2.18. The average molecular weight is 207 g/mol. The SMILES string of the molecule is CNCc1c(OC)ccc2c1CCCO2. The van der Waals surface area contributed by atoms with Gasteiger partial charge in [0.25, 0.3) is 0 Å². The minimum atomic E-state index is 0.829. The molecule has 0 atom stereocenters. The van der Waals surface area contributed by atoms with Crippen LogP contribution in [0.5, 0.6) is 11.5 Å².